The van der Waals surface area contributed by atoms with E-state index >= 15 is 0 Å². The summed E-state index contributed by atoms with van der Waals surface area (Å²) in [6.45, 7) is 3.87. The lowest BCUT2D eigenvalue weighted by Gasteiger charge is -2.20. The van der Waals surface area contributed by atoms with Crippen molar-refractivity contribution in [3.8, 4) is 0 Å². The molecule has 0 N–H and O–H groups in total. The van der Waals surface area contributed by atoms with Gasteiger partial charge in [0.15, 0.2) is 0 Å². The highest BCUT2D eigenvalue weighted by molar-refractivity contribution is 6.06. The number of hydrogen-bond acceptors (Lipinski definition) is 3. The molecule has 1 aliphatic heterocycles. The summed E-state index contributed by atoms with van der Waals surface area (Å²) in [5.41, 5.74) is 1.38. The van der Waals surface area contributed by atoms with E-state index in [4.69, 9.17) is 4.74 Å². The van der Waals surface area contributed by atoms with Crippen LogP contribution in [0.5, 0.6) is 0 Å². The molecule has 0 fully saturated rings. The highest BCUT2D eigenvalue weighted by Gasteiger charge is 2.48. The second-order valence-corrected chi connectivity index (χ2v) is 4.13. The number of fused-ring (bicyclic) bond motifs is 1. The highest BCUT2D eigenvalue weighted by atomic mass is 16.5. The quantitative estimate of drug-likeness (QED) is 0.705. The van der Waals surface area contributed by atoms with E-state index in [2.05, 4.69) is 0 Å². The van der Waals surface area contributed by atoms with Crippen LogP contribution in [-0.2, 0) is 19.9 Å². The van der Waals surface area contributed by atoms with Gasteiger partial charge in [-0.25, -0.2) is 0 Å². The minimum atomic E-state index is -1.18. The Labute approximate surface area is 93.8 Å². The van der Waals surface area contributed by atoms with Gasteiger partial charge in [0.1, 0.15) is 0 Å². The third-order valence-electron chi connectivity index (χ3n) is 3.02. The Morgan fingerprint density at radius 1 is 1.44 bits per heavy atom. The van der Waals surface area contributed by atoms with Crippen LogP contribution in [0.3, 0.4) is 0 Å². The molecule has 4 nitrogen and oxygen atoms in total. The zero-order chi connectivity index (χ0) is 11.9. The number of nitrogens with zero attached hydrogens (tertiary/aromatic N) is 1. The Kier molecular flexibility index (Phi) is 2.22. The zero-order valence-corrected chi connectivity index (χ0v) is 9.48. The van der Waals surface area contributed by atoms with Crippen molar-refractivity contribution >= 4 is 18.1 Å². The molecule has 0 saturated heterocycles. The van der Waals surface area contributed by atoms with E-state index in [0.29, 0.717) is 6.47 Å². The van der Waals surface area contributed by atoms with Crippen molar-refractivity contribution in [3.05, 3.63) is 29.3 Å². The molecule has 1 aromatic carbocycles. The van der Waals surface area contributed by atoms with E-state index in [1.807, 2.05) is 25.1 Å². The van der Waals surface area contributed by atoms with Gasteiger partial charge in [-0.15, -0.1) is 0 Å². The van der Waals surface area contributed by atoms with Crippen molar-refractivity contribution in [1.82, 2.24) is 0 Å². The van der Waals surface area contributed by atoms with Crippen LogP contribution in [0.15, 0.2) is 18.2 Å². The van der Waals surface area contributed by atoms with E-state index in [9.17, 15) is 9.59 Å². The second kappa shape index (κ2) is 3.33. The lowest BCUT2D eigenvalue weighted by molar-refractivity contribution is -0.154. The van der Waals surface area contributed by atoms with Crippen LogP contribution < -0.4 is 4.90 Å². The Morgan fingerprint density at radius 3 is 2.75 bits per heavy atom. The van der Waals surface area contributed by atoms with Gasteiger partial charge in [0.05, 0.1) is 5.69 Å². The summed E-state index contributed by atoms with van der Waals surface area (Å²) in [5, 5.41) is 0. The third-order valence-corrected chi connectivity index (χ3v) is 3.02. The molecule has 0 unspecified atom stereocenters. The number of likely N-dealkylation sites (N-methyl/N-ethyl adjacent to an activating group) is 1. The molecule has 1 aliphatic rings. The normalized spacial score (nSPS) is 23.2. The average molecular weight is 219 g/mol. The fraction of sp³-hybridized carbons (Fsp3) is 0.333. The van der Waals surface area contributed by atoms with Crippen LogP contribution in [0, 0.1) is 6.92 Å². The van der Waals surface area contributed by atoms with E-state index in [1.165, 1.54) is 4.90 Å². The second-order valence-electron chi connectivity index (χ2n) is 4.13. The average Bonchev–Trinajstić information content (AvgIpc) is 2.42. The van der Waals surface area contributed by atoms with Gasteiger partial charge >= 0.3 is 0 Å². The van der Waals surface area contributed by atoms with Crippen LogP contribution in [-0.4, -0.2) is 19.4 Å². The van der Waals surface area contributed by atoms with E-state index in [0.717, 1.165) is 16.8 Å². The summed E-state index contributed by atoms with van der Waals surface area (Å²) in [4.78, 5) is 24.1. The third kappa shape index (κ3) is 1.23. The molecule has 0 bridgehead atoms. The van der Waals surface area contributed by atoms with Crippen LogP contribution in [0.25, 0.3) is 0 Å². The lowest BCUT2D eigenvalue weighted by Crippen LogP contribution is -2.38. The number of amides is 1. The van der Waals surface area contributed by atoms with Gasteiger partial charge in [-0.3, -0.25) is 9.59 Å². The van der Waals surface area contributed by atoms with Crippen molar-refractivity contribution in [3.63, 3.8) is 0 Å². The van der Waals surface area contributed by atoms with Gasteiger partial charge in [0.2, 0.25) is 5.60 Å². The number of hydrogen-bond donors (Lipinski definition) is 0. The molecule has 84 valence electrons. The molecule has 1 aromatic rings. The lowest BCUT2D eigenvalue weighted by atomic mass is 9.96. The Morgan fingerprint density at radius 2 is 2.12 bits per heavy atom. The molecule has 2 rings (SSSR count). The zero-order valence-electron chi connectivity index (χ0n) is 9.48. The van der Waals surface area contributed by atoms with E-state index in [1.54, 1.807) is 14.0 Å². The first-order valence-corrected chi connectivity index (χ1v) is 5.01. The molecule has 1 amide bonds. The first-order chi connectivity index (χ1) is 7.50. The van der Waals surface area contributed by atoms with Crippen LogP contribution in [0.2, 0.25) is 0 Å². The monoisotopic (exact) mass is 219 g/mol. The number of ether oxygens (including phenoxy) is 1. The predicted molar refractivity (Wildman–Crippen MR) is 59.1 cm³/mol. The van der Waals surface area contributed by atoms with E-state index in [-0.39, 0.29) is 5.91 Å². The maximum absolute atomic E-state index is 12.0. The SMILES string of the molecule is Cc1ccc2c(c1)[C@](C)(OC=O)C(=O)N2C. The first kappa shape index (κ1) is 10.7. The van der Waals surface area contributed by atoms with Crippen molar-refractivity contribution in [2.75, 3.05) is 11.9 Å². The predicted octanol–water partition coefficient (Wildman–Crippen LogP) is 1.36. The number of carbonyl (C=O) groups is 2. The molecule has 4 heteroatoms. The minimum absolute atomic E-state index is 0.222. The number of rotatable bonds is 2. The fourth-order valence-corrected chi connectivity index (χ4v) is 2.08. The van der Waals surface area contributed by atoms with Crippen LogP contribution in [0.1, 0.15) is 18.1 Å². The highest BCUT2D eigenvalue weighted by Crippen LogP contribution is 2.41. The van der Waals surface area contributed by atoms with E-state index < -0.39 is 5.60 Å². The van der Waals surface area contributed by atoms with Gasteiger partial charge in [-0.2, -0.15) is 0 Å². The van der Waals surface area contributed by atoms with Crippen molar-refractivity contribution in [1.29, 1.82) is 0 Å². The van der Waals surface area contributed by atoms with Crippen molar-refractivity contribution in [2.24, 2.45) is 0 Å². The van der Waals surface area contributed by atoms with Crippen molar-refractivity contribution < 1.29 is 14.3 Å². The molecule has 0 spiro atoms. The summed E-state index contributed by atoms with van der Waals surface area (Å²) >= 11 is 0. The molecular formula is C12H13NO3. The molecule has 0 aliphatic carbocycles. The first-order valence-electron chi connectivity index (χ1n) is 5.01. The molecule has 0 radical (unpaired) electrons. The maximum Gasteiger partial charge on any atom is 0.294 e. The summed E-state index contributed by atoms with van der Waals surface area (Å²) < 4.78 is 4.98. The smallest absolute Gasteiger partial charge is 0.294 e. The maximum atomic E-state index is 12.0. The van der Waals surface area contributed by atoms with Gasteiger partial charge in [-0.1, -0.05) is 11.6 Å². The standard InChI is InChI=1S/C12H13NO3/c1-8-4-5-10-9(6-8)12(2,16-7-14)11(15)13(10)3/h4-7H,1-3H3/t12-/m0/s1. The number of carbonyl (C=O) groups excluding carboxylic acids is 2. The van der Waals surface area contributed by atoms with Gasteiger partial charge in [0.25, 0.3) is 12.4 Å². The van der Waals surface area contributed by atoms with Crippen molar-refractivity contribution in [2.45, 2.75) is 19.4 Å². The minimum Gasteiger partial charge on any atom is -0.446 e. The van der Waals surface area contributed by atoms with Gasteiger partial charge < -0.3 is 9.64 Å². The van der Waals surface area contributed by atoms with Gasteiger partial charge in [0, 0.05) is 12.6 Å². The largest absolute Gasteiger partial charge is 0.446 e. The van der Waals surface area contributed by atoms with Gasteiger partial charge in [-0.05, 0) is 26.0 Å². The molecular weight excluding hydrogens is 206 g/mol. The molecule has 0 saturated carbocycles. The topological polar surface area (TPSA) is 46.6 Å². The molecule has 0 aromatic heterocycles. The Bertz CT molecular complexity index is 469. The summed E-state index contributed by atoms with van der Waals surface area (Å²) in [6, 6.07) is 5.66. The number of benzene rings is 1. The molecule has 16 heavy (non-hydrogen) atoms. The Hall–Kier alpha value is -1.84. The molecule has 1 heterocycles. The summed E-state index contributed by atoms with van der Waals surface area (Å²) in [6.07, 6.45) is 0. The number of aryl methyl sites for hydroxylation is 1. The fourth-order valence-electron chi connectivity index (χ4n) is 2.08. The summed E-state index contributed by atoms with van der Waals surface area (Å²) in [7, 11) is 1.68. The van der Waals surface area contributed by atoms with Crippen LogP contribution in [0.4, 0.5) is 5.69 Å². The number of anilines is 1. The molecule has 1 atom stereocenters. The Balaban J connectivity index is 2.63. The summed E-state index contributed by atoms with van der Waals surface area (Å²) in [5.74, 6) is -0.222. The van der Waals surface area contributed by atoms with Crippen LogP contribution >= 0.6 is 0 Å².